The van der Waals surface area contributed by atoms with E-state index in [1.807, 2.05) is 6.92 Å². The molecule has 0 N–H and O–H groups in total. The average molecular weight is 194 g/mol. The lowest BCUT2D eigenvalue weighted by Crippen LogP contribution is -1.90. The first-order chi connectivity index (χ1) is 6.18. The number of esters is 1. The molecule has 2 nitrogen and oxygen atoms in total. The fraction of sp³-hybridized carbons (Fsp3) is 0.417. The van der Waals surface area contributed by atoms with Crippen molar-refractivity contribution >= 4 is 5.97 Å². The Kier molecular flexibility index (Phi) is 5.61. The van der Waals surface area contributed by atoms with Gasteiger partial charge in [0.05, 0.1) is 0 Å². The van der Waals surface area contributed by atoms with E-state index in [9.17, 15) is 4.79 Å². The van der Waals surface area contributed by atoms with E-state index in [0.717, 1.165) is 12.0 Å². The van der Waals surface area contributed by atoms with Crippen molar-refractivity contribution in [1.82, 2.24) is 0 Å². The molecule has 0 amide bonds. The van der Waals surface area contributed by atoms with Crippen LogP contribution in [0.3, 0.4) is 0 Å². The Morgan fingerprint density at radius 3 is 2.21 bits per heavy atom. The summed E-state index contributed by atoms with van der Waals surface area (Å²) in [6.45, 7) is 4.47. The topological polar surface area (TPSA) is 26.3 Å². The zero-order chi connectivity index (χ0) is 9.68. The van der Waals surface area contributed by atoms with Gasteiger partial charge in [-0.2, -0.15) is 0 Å². The second kappa shape index (κ2) is 6.19. The molecule has 78 valence electrons. The Balaban J connectivity index is 0.000000227. The van der Waals surface area contributed by atoms with Crippen molar-refractivity contribution < 1.29 is 9.53 Å². The lowest BCUT2D eigenvalue weighted by atomic mass is 10.3. The van der Waals surface area contributed by atoms with Crippen molar-refractivity contribution in [1.29, 1.82) is 0 Å². The fourth-order valence-corrected chi connectivity index (χ4v) is 1.05. The highest BCUT2D eigenvalue weighted by atomic mass is 16.5. The van der Waals surface area contributed by atoms with Gasteiger partial charge in [-0.1, -0.05) is 31.2 Å². The molecule has 0 bridgehead atoms. The number of ether oxygens (including phenoxy) is 1. The lowest BCUT2D eigenvalue weighted by Gasteiger charge is -1.85. The highest BCUT2D eigenvalue weighted by Crippen LogP contribution is 2.05. The summed E-state index contributed by atoms with van der Waals surface area (Å²) in [5.74, 6) is -0.211. The first kappa shape index (κ1) is 12.7. The molecule has 0 aromatic heterocycles. The van der Waals surface area contributed by atoms with Crippen LogP contribution < -0.4 is 0 Å². The van der Waals surface area contributed by atoms with Gasteiger partial charge in [0, 0.05) is 6.08 Å². The van der Waals surface area contributed by atoms with Crippen molar-refractivity contribution in [3.8, 4) is 0 Å². The Labute approximate surface area is 86.0 Å². The SMILES string of the molecule is C.CC1=CC(=O)OC1.CC1=CCC=C1. The summed E-state index contributed by atoms with van der Waals surface area (Å²) in [5.41, 5.74) is 2.40. The number of allylic oxidation sites excluding steroid dienone is 4. The van der Waals surface area contributed by atoms with Gasteiger partial charge < -0.3 is 4.74 Å². The van der Waals surface area contributed by atoms with E-state index in [1.54, 1.807) is 0 Å². The van der Waals surface area contributed by atoms with Crippen LogP contribution in [0, 0.1) is 0 Å². The van der Waals surface area contributed by atoms with Crippen molar-refractivity contribution in [2.75, 3.05) is 6.61 Å². The molecule has 0 aromatic rings. The summed E-state index contributed by atoms with van der Waals surface area (Å²) in [4.78, 5) is 10.2. The van der Waals surface area contributed by atoms with Gasteiger partial charge in [-0.3, -0.25) is 0 Å². The van der Waals surface area contributed by atoms with Crippen molar-refractivity contribution in [3.63, 3.8) is 0 Å². The van der Waals surface area contributed by atoms with Gasteiger partial charge in [-0.25, -0.2) is 4.79 Å². The molecule has 2 rings (SSSR count). The van der Waals surface area contributed by atoms with Crippen LogP contribution in [0.2, 0.25) is 0 Å². The Morgan fingerprint density at radius 1 is 1.36 bits per heavy atom. The molecule has 0 aromatic carbocycles. The molecule has 0 atom stereocenters. The average Bonchev–Trinajstić information content (AvgIpc) is 2.64. The maximum absolute atomic E-state index is 10.2. The van der Waals surface area contributed by atoms with Gasteiger partial charge in [0.15, 0.2) is 0 Å². The van der Waals surface area contributed by atoms with Crippen LogP contribution in [0.15, 0.2) is 35.5 Å². The summed E-state index contributed by atoms with van der Waals surface area (Å²) in [6, 6.07) is 0. The number of carbonyl (C=O) groups excluding carboxylic acids is 1. The van der Waals surface area contributed by atoms with E-state index in [4.69, 9.17) is 0 Å². The number of rotatable bonds is 0. The molecule has 1 aliphatic carbocycles. The second-order valence-corrected chi connectivity index (χ2v) is 3.18. The smallest absolute Gasteiger partial charge is 0.331 e. The summed E-state index contributed by atoms with van der Waals surface area (Å²) in [5, 5.41) is 0. The zero-order valence-corrected chi connectivity index (χ0v) is 8.04. The van der Waals surface area contributed by atoms with E-state index >= 15 is 0 Å². The molecular formula is C12H18O2. The fourth-order valence-electron chi connectivity index (χ4n) is 1.05. The van der Waals surface area contributed by atoms with Gasteiger partial charge in [-0.15, -0.1) is 0 Å². The van der Waals surface area contributed by atoms with Gasteiger partial charge in [0.25, 0.3) is 0 Å². The lowest BCUT2D eigenvalue weighted by molar-refractivity contribution is -0.134. The summed E-state index contributed by atoms with van der Waals surface area (Å²) < 4.78 is 4.53. The molecule has 0 saturated carbocycles. The van der Waals surface area contributed by atoms with Crippen LogP contribution in [0.5, 0.6) is 0 Å². The predicted octanol–water partition coefficient (Wildman–Crippen LogP) is 3.02. The predicted molar refractivity (Wildman–Crippen MR) is 59.0 cm³/mol. The number of cyclic esters (lactones) is 1. The minimum absolute atomic E-state index is 0. The number of carbonyl (C=O) groups is 1. The summed E-state index contributed by atoms with van der Waals surface area (Å²) in [6.07, 6.45) is 9.15. The Morgan fingerprint density at radius 2 is 2.07 bits per heavy atom. The Bertz CT molecular complexity index is 280. The van der Waals surface area contributed by atoms with Crippen molar-refractivity contribution in [2.24, 2.45) is 0 Å². The molecule has 0 unspecified atom stereocenters. The van der Waals surface area contributed by atoms with E-state index in [1.165, 1.54) is 11.6 Å². The monoisotopic (exact) mass is 194 g/mol. The van der Waals surface area contributed by atoms with Gasteiger partial charge >= 0.3 is 5.97 Å². The molecule has 0 fully saturated rings. The molecular weight excluding hydrogens is 176 g/mol. The van der Waals surface area contributed by atoms with E-state index in [0.29, 0.717) is 6.61 Å². The molecule has 2 heteroatoms. The van der Waals surface area contributed by atoms with E-state index < -0.39 is 0 Å². The third-order valence-corrected chi connectivity index (χ3v) is 1.76. The molecule has 2 aliphatic rings. The minimum Gasteiger partial charge on any atom is -0.458 e. The van der Waals surface area contributed by atoms with Crippen molar-refractivity contribution in [2.45, 2.75) is 27.7 Å². The van der Waals surface area contributed by atoms with Crippen LogP contribution in [-0.4, -0.2) is 12.6 Å². The maximum atomic E-state index is 10.2. The van der Waals surface area contributed by atoms with Gasteiger partial charge in [-0.05, 0) is 25.8 Å². The number of hydrogen-bond donors (Lipinski definition) is 0. The highest BCUT2D eigenvalue weighted by molar-refractivity contribution is 5.84. The third kappa shape index (κ3) is 4.65. The first-order valence-corrected chi connectivity index (χ1v) is 4.36. The minimum atomic E-state index is -0.211. The molecule has 1 heterocycles. The van der Waals surface area contributed by atoms with Gasteiger partial charge in [0.2, 0.25) is 0 Å². The van der Waals surface area contributed by atoms with Crippen LogP contribution in [0.1, 0.15) is 27.7 Å². The zero-order valence-electron chi connectivity index (χ0n) is 8.04. The molecule has 14 heavy (non-hydrogen) atoms. The second-order valence-electron chi connectivity index (χ2n) is 3.18. The molecule has 0 saturated heterocycles. The molecule has 0 radical (unpaired) electrons. The van der Waals surface area contributed by atoms with Crippen LogP contribution in [-0.2, 0) is 9.53 Å². The van der Waals surface area contributed by atoms with Crippen LogP contribution >= 0.6 is 0 Å². The highest BCUT2D eigenvalue weighted by Gasteiger charge is 2.06. The summed E-state index contributed by atoms with van der Waals surface area (Å²) >= 11 is 0. The van der Waals surface area contributed by atoms with E-state index in [2.05, 4.69) is 29.9 Å². The summed E-state index contributed by atoms with van der Waals surface area (Å²) in [7, 11) is 0. The molecule has 0 spiro atoms. The maximum Gasteiger partial charge on any atom is 0.331 e. The normalized spacial score (nSPS) is 17.4. The van der Waals surface area contributed by atoms with Crippen LogP contribution in [0.25, 0.3) is 0 Å². The van der Waals surface area contributed by atoms with E-state index in [-0.39, 0.29) is 13.4 Å². The van der Waals surface area contributed by atoms with Crippen LogP contribution in [0.4, 0.5) is 0 Å². The quantitative estimate of drug-likeness (QED) is 0.554. The Hall–Kier alpha value is -1.31. The van der Waals surface area contributed by atoms with Crippen molar-refractivity contribution in [3.05, 3.63) is 35.5 Å². The first-order valence-electron chi connectivity index (χ1n) is 4.36. The largest absolute Gasteiger partial charge is 0.458 e. The number of hydrogen-bond acceptors (Lipinski definition) is 2. The third-order valence-electron chi connectivity index (χ3n) is 1.76. The van der Waals surface area contributed by atoms with Gasteiger partial charge in [0.1, 0.15) is 6.61 Å². The molecule has 1 aliphatic heterocycles. The standard InChI is InChI=1S/C6H8.C5H6O2.CH4/c1-6-4-2-3-5-6;1-4-2-5(6)7-3-4;/h2,4-5H,3H2,1H3;2H,3H2,1H3;1H4.